The van der Waals surface area contributed by atoms with E-state index in [1.165, 1.54) is 37.7 Å². The second-order valence-electron chi connectivity index (χ2n) is 5.84. The van der Waals surface area contributed by atoms with Crippen LogP contribution in [0.15, 0.2) is 24.3 Å². The van der Waals surface area contributed by atoms with Gasteiger partial charge in [0.1, 0.15) is 0 Å². The maximum atomic E-state index is 10.3. The number of hydrogen-bond acceptors (Lipinski definition) is 2. The number of aliphatic hydroxyl groups is 1. The molecule has 0 spiro atoms. The Hall–Kier alpha value is -0.860. The van der Waals surface area contributed by atoms with Crippen LogP contribution in [-0.2, 0) is 6.42 Å². The normalized spacial score (nSPS) is 18.7. The van der Waals surface area contributed by atoms with Gasteiger partial charge >= 0.3 is 0 Å². The molecule has 2 rings (SSSR count). The second kappa shape index (κ2) is 7.06. The number of hydrogen-bond donors (Lipinski definition) is 1. The molecule has 1 aromatic carbocycles. The Labute approximate surface area is 117 Å². The van der Waals surface area contributed by atoms with Crippen molar-refractivity contribution in [2.24, 2.45) is 0 Å². The highest BCUT2D eigenvalue weighted by Crippen LogP contribution is 2.23. The van der Waals surface area contributed by atoms with E-state index in [0.29, 0.717) is 6.04 Å². The molecule has 1 aliphatic carbocycles. The van der Waals surface area contributed by atoms with Crippen LogP contribution in [0.1, 0.15) is 56.3 Å². The van der Waals surface area contributed by atoms with Gasteiger partial charge in [0, 0.05) is 12.6 Å². The minimum atomic E-state index is -0.363. The zero-order valence-corrected chi connectivity index (χ0v) is 12.3. The van der Waals surface area contributed by atoms with Crippen LogP contribution < -0.4 is 0 Å². The van der Waals surface area contributed by atoms with Crippen LogP contribution in [0.2, 0.25) is 0 Å². The third-order valence-corrected chi connectivity index (χ3v) is 4.43. The molecule has 1 aromatic rings. The van der Waals surface area contributed by atoms with E-state index in [1.54, 1.807) is 0 Å². The van der Waals surface area contributed by atoms with Crippen LogP contribution in [0.3, 0.4) is 0 Å². The van der Waals surface area contributed by atoms with Crippen molar-refractivity contribution in [1.29, 1.82) is 0 Å². The minimum Gasteiger partial charge on any atom is -0.387 e. The number of nitrogens with zero attached hydrogens (tertiary/aromatic N) is 1. The van der Waals surface area contributed by atoms with Crippen molar-refractivity contribution >= 4 is 0 Å². The molecule has 0 aliphatic heterocycles. The monoisotopic (exact) mass is 261 g/mol. The Morgan fingerprint density at radius 1 is 1.16 bits per heavy atom. The van der Waals surface area contributed by atoms with Gasteiger partial charge in [-0.3, -0.25) is 0 Å². The summed E-state index contributed by atoms with van der Waals surface area (Å²) >= 11 is 0. The highest BCUT2D eigenvalue weighted by molar-refractivity contribution is 5.24. The SMILES string of the molecule is CCc1ccc(C(O)CN(C)C2CCCCC2)cc1. The summed E-state index contributed by atoms with van der Waals surface area (Å²) in [5.41, 5.74) is 2.37. The van der Waals surface area contributed by atoms with E-state index < -0.39 is 0 Å². The fourth-order valence-electron chi connectivity index (χ4n) is 3.02. The van der Waals surface area contributed by atoms with Gasteiger partial charge < -0.3 is 10.0 Å². The smallest absolute Gasteiger partial charge is 0.0916 e. The highest BCUT2D eigenvalue weighted by Gasteiger charge is 2.20. The van der Waals surface area contributed by atoms with Crippen molar-refractivity contribution in [3.05, 3.63) is 35.4 Å². The lowest BCUT2D eigenvalue weighted by molar-refractivity contribution is 0.0914. The molecule has 1 aliphatic rings. The standard InChI is InChI=1S/C17H27NO/c1-3-14-9-11-15(12-10-14)17(19)13-18(2)16-7-5-4-6-8-16/h9-12,16-17,19H,3-8,13H2,1-2H3. The second-order valence-corrected chi connectivity index (χ2v) is 5.84. The summed E-state index contributed by atoms with van der Waals surface area (Å²) in [6, 6.07) is 9.05. The Kier molecular flexibility index (Phi) is 5.41. The average Bonchev–Trinajstić information content (AvgIpc) is 2.48. The predicted molar refractivity (Wildman–Crippen MR) is 80.3 cm³/mol. The maximum Gasteiger partial charge on any atom is 0.0916 e. The summed E-state index contributed by atoms with van der Waals surface area (Å²) in [5, 5.41) is 10.3. The van der Waals surface area contributed by atoms with Crippen LogP contribution in [0.5, 0.6) is 0 Å². The lowest BCUT2D eigenvalue weighted by Crippen LogP contribution is -2.36. The van der Waals surface area contributed by atoms with Gasteiger partial charge in [-0.15, -0.1) is 0 Å². The van der Waals surface area contributed by atoms with Crippen LogP contribution >= 0.6 is 0 Å². The van der Waals surface area contributed by atoms with E-state index in [1.807, 2.05) is 0 Å². The molecule has 0 saturated heterocycles. The summed E-state index contributed by atoms with van der Waals surface area (Å²) in [5.74, 6) is 0. The van der Waals surface area contributed by atoms with E-state index >= 15 is 0 Å². The van der Waals surface area contributed by atoms with Crippen molar-refractivity contribution in [3.63, 3.8) is 0 Å². The molecule has 0 bridgehead atoms. The van der Waals surface area contributed by atoms with E-state index in [0.717, 1.165) is 18.5 Å². The molecule has 0 heterocycles. The van der Waals surface area contributed by atoms with Crippen LogP contribution in [0.4, 0.5) is 0 Å². The first-order valence-corrected chi connectivity index (χ1v) is 7.68. The van der Waals surface area contributed by atoms with Gasteiger partial charge in [0.05, 0.1) is 6.10 Å². The largest absolute Gasteiger partial charge is 0.387 e. The molecule has 19 heavy (non-hydrogen) atoms. The van der Waals surface area contributed by atoms with Crippen molar-refractivity contribution in [1.82, 2.24) is 4.90 Å². The van der Waals surface area contributed by atoms with Crippen LogP contribution in [-0.4, -0.2) is 29.6 Å². The quantitative estimate of drug-likeness (QED) is 0.876. The Morgan fingerprint density at radius 3 is 2.37 bits per heavy atom. The molecule has 0 aromatic heterocycles. The summed E-state index contributed by atoms with van der Waals surface area (Å²) in [6.45, 7) is 2.90. The average molecular weight is 261 g/mol. The van der Waals surface area contributed by atoms with E-state index in [9.17, 15) is 5.11 Å². The number of rotatable bonds is 5. The number of likely N-dealkylation sites (N-methyl/N-ethyl adjacent to an activating group) is 1. The molecule has 0 amide bonds. The number of aliphatic hydroxyl groups excluding tert-OH is 1. The van der Waals surface area contributed by atoms with E-state index in [-0.39, 0.29) is 6.10 Å². The molecule has 2 nitrogen and oxygen atoms in total. The van der Waals surface area contributed by atoms with E-state index in [4.69, 9.17) is 0 Å². The van der Waals surface area contributed by atoms with Crippen molar-refractivity contribution in [3.8, 4) is 0 Å². The van der Waals surface area contributed by atoms with Gasteiger partial charge in [-0.2, -0.15) is 0 Å². The summed E-state index contributed by atoms with van der Waals surface area (Å²) < 4.78 is 0. The van der Waals surface area contributed by atoms with Gasteiger partial charge in [0.25, 0.3) is 0 Å². The molecule has 106 valence electrons. The summed E-state index contributed by atoms with van der Waals surface area (Å²) in [6.07, 6.45) is 7.34. The summed E-state index contributed by atoms with van der Waals surface area (Å²) in [7, 11) is 2.15. The van der Waals surface area contributed by atoms with Gasteiger partial charge in [-0.25, -0.2) is 0 Å². The zero-order valence-electron chi connectivity index (χ0n) is 12.3. The molecule has 1 N–H and O–H groups in total. The van der Waals surface area contributed by atoms with Crippen molar-refractivity contribution in [2.45, 2.75) is 57.6 Å². The zero-order chi connectivity index (χ0) is 13.7. The van der Waals surface area contributed by atoms with Crippen LogP contribution in [0, 0.1) is 0 Å². The Morgan fingerprint density at radius 2 is 1.79 bits per heavy atom. The Bertz CT molecular complexity index is 367. The van der Waals surface area contributed by atoms with Crippen LogP contribution in [0.25, 0.3) is 0 Å². The summed E-state index contributed by atoms with van der Waals surface area (Å²) in [4.78, 5) is 2.34. The molecule has 1 atom stereocenters. The molecule has 1 unspecified atom stereocenters. The Balaban J connectivity index is 1.89. The van der Waals surface area contributed by atoms with Gasteiger partial charge in [0.15, 0.2) is 0 Å². The van der Waals surface area contributed by atoms with Crippen molar-refractivity contribution in [2.75, 3.05) is 13.6 Å². The molecular weight excluding hydrogens is 234 g/mol. The lowest BCUT2D eigenvalue weighted by Gasteiger charge is -2.32. The number of aryl methyl sites for hydroxylation is 1. The third-order valence-electron chi connectivity index (χ3n) is 4.43. The highest BCUT2D eigenvalue weighted by atomic mass is 16.3. The lowest BCUT2D eigenvalue weighted by atomic mass is 9.94. The van der Waals surface area contributed by atoms with Gasteiger partial charge in [0.2, 0.25) is 0 Å². The first-order valence-electron chi connectivity index (χ1n) is 7.68. The maximum absolute atomic E-state index is 10.3. The molecular formula is C17H27NO. The first-order chi connectivity index (χ1) is 9.20. The minimum absolute atomic E-state index is 0.363. The van der Waals surface area contributed by atoms with Gasteiger partial charge in [-0.05, 0) is 37.4 Å². The fourth-order valence-corrected chi connectivity index (χ4v) is 3.02. The molecule has 1 saturated carbocycles. The van der Waals surface area contributed by atoms with Crippen molar-refractivity contribution < 1.29 is 5.11 Å². The third kappa shape index (κ3) is 4.05. The topological polar surface area (TPSA) is 23.5 Å². The van der Waals surface area contributed by atoms with Gasteiger partial charge in [-0.1, -0.05) is 50.5 Å². The fraction of sp³-hybridized carbons (Fsp3) is 0.647. The molecule has 0 radical (unpaired) electrons. The molecule has 1 fully saturated rings. The number of benzene rings is 1. The van der Waals surface area contributed by atoms with E-state index in [2.05, 4.69) is 43.1 Å². The first kappa shape index (κ1) is 14.5. The molecule has 2 heteroatoms. The predicted octanol–water partition coefficient (Wildman–Crippen LogP) is 3.55.